The largest absolute Gasteiger partial charge is 0.405 e. The van der Waals surface area contributed by atoms with Gasteiger partial charge in [-0.25, -0.2) is 0 Å². The zero-order valence-electron chi connectivity index (χ0n) is 10.7. The Labute approximate surface area is 94.7 Å². The highest BCUT2D eigenvalue weighted by Gasteiger charge is 2.12. The highest BCUT2D eigenvalue weighted by Crippen LogP contribution is 2.26. The second-order valence-electron chi connectivity index (χ2n) is 3.41. The second-order valence-corrected chi connectivity index (χ2v) is 3.41. The maximum absolute atomic E-state index is 5.04. The normalized spacial score (nSPS) is 14.1. The molecule has 0 aliphatic heterocycles. The van der Waals surface area contributed by atoms with Crippen LogP contribution in [0.2, 0.25) is 0 Å². The van der Waals surface area contributed by atoms with Crippen LogP contribution in [0, 0.1) is 17.8 Å². The first kappa shape index (κ1) is 16.2. The average molecular weight is 208 g/mol. The molecule has 1 saturated carbocycles. The SMILES string of the molecule is CC#CC.CC1CC1.CN=C(C)/C=C\N. The van der Waals surface area contributed by atoms with Crippen molar-refractivity contribution in [3.63, 3.8) is 0 Å². The number of rotatable bonds is 1. The molecule has 0 unspecified atom stereocenters. The zero-order chi connectivity index (χ0) is 12.1. The zero-order valence-corrected chi connectivity index (χ0v) is 10.7. The van der Waals surface area contributed by atoms with Gasteiger partial charge in [-0.3, -0.25) is 4.99 Å². The lowest BCUT2D eigenvalue weighted by Crippen LogP contribution is -1.85. The summed E-state index contributed by atoms with van der Waals surface area (Å²) in [7, 11) is 1.73. The Balaban J connectivity index is 0. The minimum Gasteiger partial charge on any atom is -0.405 e. The summed E-state index contributed by atoms with van der Waals surface area (Å²) in [6.45, 7) is 7.81. The van der Waals surface area contributed by atoms with E-state index in [1.165, 1.54) is 19.0 Å². The van der Waals surface area contributed by atoms with Crippen molar-refractivity contribution in [1.29, 1.82) is 0 Å². The minimum atomic E-state index is 0.947. The van der Waals surface area contributed by atoms with E-state index in [1.54, 1.807) is 13.1 Å². The van der Waals surface area contributed by atoms with Gasteiger partial charge in [0.25, 0.3) is 0 Å². The number of nitrogens with zero attached hydrogens (tertiary/aromatic N) is 1. The maximum Gasteiger partial charge on any atom is 0.0328 e. The Bertz CT molecular complexity index is 231. The van der Waals surface area contributed by atoms with E-state index in [1.807, 2.05) is 20.8 Å². The Morgan fingerprint density at radius 3 is 1.80 bits per heavy atom. The highest BCUT2D eigenvalue weighted by molar-refractivity contribution is 5.92. The van der Waals surface area contributed by atoms with Gasteiger partial charge in [0.05, 0.1) is 0 Å². The van der Waals surface area contributed by atoms with Crippen molar-refractivity contribution in [2.75, 3.05) is 7.05 Å². The third-order valence-electron chi connectivity index (χ3n) is 1.81. The van der Waals surface area contributed by atoms with Crippen molar-refractivity contribution in [2.24, 2.45) is 16.6 Å². The summed E-state index contributed by atoms with van der Waals surface area (Å²) in [5, 5.41) is 0. The van der Waals surface area contributed by atoms with Gasteiger partial charge in [0, 0.05) is 12.8 Å². The third kappa shape index (κ3) is 24.5. The summed E-state index contributed by atoms with van der Waals surface area (Å²) >= 11 is 0. The number of aliphatic imine (C=N–C) groups is 1. The molecular weight excluding hydrogens is 184 g/mol. The number of hydrogen-bond acceptors (Lipinski definition) is 2. The third-order valence-corrected chi connectivity index (χ3v) is 1.81. The molecule has 2 nitrogen and oxygen atoms in total. The van der Waals surface area contributed by atoms with Crippen LogP contribution in [0.1, 0.15) is 40.5 Å². The summed E-state index contributed by atoms with van der Waals surface area (Å²) in [5.74, 6) is 6.44. The van der Waals surface area contributed by atoms with Gasteiger partial charge in [0.15, 0.2) is 0 Å². The van der Waals surface area contributed by atoms with E-state index in [9.17, 15) is 0 Å². The standard InChI is InChI=1S/C5H10N2.C4H8.C4H6/c1-5(7-2)3-4-6;1-4-2-3-4;1-3-4-2/h3-4H,6H2,1-2H3;4H,2-3H2,1H3;1-2H3/b4-3-,7-5?;;. The van der Waals surface area contributed by atoms with Crippen LogP contribution >= 0.6 is 0 Å². The molecule has 0 saturated heterocycles. The Morgan fingerprint density at radius 1 is 1.33 bits per heavy atom. The van der Waals surface area contributed by atoms with E-state index in [4.69, 9.17) is 5.73 Å². The van der Waals surface area contributed by atoms with Gasteiger partial charge in [-0.05, 0) is 39.0 Å². The van der Waals surface area contributed by atoms with Gasteiger partial charge in [-0.15, -0.1) is 11.8 Å². The lowest BCUT2D eigenvalue weighted by Gasteiger charge is -1.80. The van der Waals surface area contributed by atoms with Crippen LogP contribution in [-0.4, -0.2) is 12.8 Å². The van der Waals surface area contributed by atoms with Gasteiger partial charge in [0.2, 0.25) is 0 Å². The molecule has 0 heterocycles. The summed E-state index contributed by atoms with van der Waals surface area (Å²) < 4.78 is 0. The average Bonchev–Trinajstić information content (AvgIpc) is 3.02. The molecule has 0 spiro atoms. The van der Waals surface area contributed by atoms with Crippen LogP contribution < -0.4 is 5.73 Å². The first-order chi connectivity index (χ1) is 7.12. The van der Waals surface area contributed by atoms with Crippen molar-refractivity contribution in [3.05, 3.63) is 12.3 Å². The molecule has 2 heteroatoms. The molecule has 0 atom stereocenters. The number of hydrogen-bond donors (Lipinski definition) is 1. The van der Waals surface area contributed by atoms with Crippen molar-refractivity contribution >= 4 is 5.71 Å². The number of allylic oxidation sites excluding steroid dienone is 1. The Kier molecular flexibility index (Phi) is 13.8. The molecule has 2 N–H and O–H groups in total. The van der Waals surface area contributed by atoms with Gasteiger partial charge in [-0.2, -0.15) is 0 Å². The molecule has 15 heavy (non-hydrogen) atoms. The van der Waals surface area contributed by atoms with Crippen molar-refractivity contribution in [2.45, 2.75) is 40.5 Å². The predicted molar refractivity (Wildman–Crippen MR) is 69.9 cm³/mol. The smallest absolute Gasteiger partial charge is 0.0328 e. The molecule has 1 rings (SSSR count). The van der Waals surface area contributed by atoms with Gasteiger partial charge < -0.3 is 5.73 Å². The molecule has 86 valence electrons. The van der Waals surface area contributed by atoms with Gasteiger partial charge in [-0.1, -0.05) is 19.8 Å². The lowest BCUT2D eigenvalue weighted by atomic mass is 10.4. The first-order valence-corrected chi connectivity index (χ1v) is 5.27. The fraction of sp³-hybridized carbons (Fsp3) is 0.615. The summed E-state index contributed by atoms with van der Waals surface area (Å²) in [4.78, 5) is 3.83. The second kappa shape index (κ2) is 12.8. The van der Waals surface area contributed by atoms with Crippen molar-refractivity contribution in [3.8, 4) is 11.8 Å². The van der Waals surface area contributed by atoms with Crippen molar-refractivity contribution in [1.82, 2.24) is 0 Å². The fourth-order valence-electron chi connectivity index (χ4n) is 0.380. The summed E-state index contributed by atoms with van der Waals surface area (Å²) in [5.41, 5.74) is 5.99. The molecule has 0 aromatic carbocycles. The molecule has 0 bridgehead atoms. The topological polar surface area (TPSA) is 38.4 Å². The van der Waals surface area contributed by atoms with Crippen LogP contribution in [-0.2, 0) is 0 Å². The molecule has 0 amide bonds. The number of nitrogens with two attached hydrogens (primary N) is 1. The van der Waals surface area contributed by atoms with Crippen LogP contribution in [0.25, 0.3) is 0 Å². The summed E-state index contributed by atoms with van der Waals surface area (Å²) in [6.07, 6.45) is 6.20. The van der Waals surface area contributed by atoms with Crippen LogP contribution in [0.4, 0.5) is 0 Å². The quantitative estimate of drug-likeness (QED) is 0.522. The van der Waals surface area contributed by atoms with E-state index in [0.717, 1.165) is 11.6 Å². The molecule has 0 aromatic rings. The van der Waals surface area contributed by atoms with E-state index < -0.39 is 0 Å². The molecule has 0 aromatic heterocycles. The summed E-state index contributed by atoms with van der Waals surface area (Å²) in [6, 6.07) is 0. The first-order valence-electron chi connectivity index (χ1n) is 5.27. The Hall–Kier alpha value is -1.23. The minimum absolute atomic E-state index is 0.947. The van der Waals surface area contributed by atoms with E-state index in [2.05, 4.69) is 23.8 Å². The lowest BCUT2D eigenvalue weighted by molar-refractivity contribution is 0.983. The molecule has 1 aliphatic rings. The van der Waals surface area contributed by atoms with Gasteiger partial charge >= 0.3 is 0 Å². The van der Waals surface area contributed by atoms with E-state index in [-0.39, 0.29) is 0 Å². The maximum atomic E-state index is 5.04. The van der Waals surface area contributed by atoms with E-state index in [0.29, 0.717) is 0 Å². The van der Waals surface area contributed by atoms with Crippen LogP contribution in [0.5, 0.6) is 0 Å². The van der Waals surface area contributed by atoms with Crippen molar-refractivity contribution < 1.29 is 0 Å². The molecule has 1 fully saturated rings. The van der Waals surface area contributed by atoms with Crippen LogP contribution in [0.15, 0.2) is 17.3 Å². The molecule has 1 aliphatic carbocycles. The Morgan fingerprint density at radius 2 is 1.73 bits per heavy atom. The highest BCUT2D eigenvalue weighted by atomic mass is 14.7. The molecule has 0 radical (unpaired) electrons. The molecular formula is C13H24N2. The monoisotopic (exact) mass is 208 g/mol. The predicted octanol–water partition coefficient (Wildman–Crippen LogP) is 3.00. The fourth-order valence-corrected chi connectivity index (χ4v) is 0.380. The van der Waals surface area contributed by atoms with E-state index >= 15 is 0 Å². The van der Waals surface area contributed by atoms with Gasteiger partial charge in [0.1, 0.15) is 0 Å². The van der Waals surface area contributed by atoms with Crippen LogP contribution in [0.3, 0.4) is 0 Å².